The van der Waals surface area contributed by atoms with Gasteiger partial charge in [-0.3, -0.25) is 19.5 Å². The average molecular weight is 528 g/mol. The molecular weight excluding hydrogens is 494 g/mol. The molecule has 202 valence electrons. The third-order valence-corrected chi connectivity index (χ3v) is 7.22. The summed E-state index contributed by atoms with van der Waals surface area (Å²) >= 11 is 0. The Balaban J connectivity index is 1.40. The normalized spacial score (nSPS) is 19.4. The average Bonchev–Trinajstić information content (AvgIpc) is 3.23. The van der Waals surface area contributed by atoms with E-state index >= 15 is 0 Å². The van der Waals surface area contributed by atoms with Gasteiger partial charge in [-0.2, -0.15) is 0 Å². The van der Waals surface area contributed by atoms with Crippen molar-refractivity contribution in [1.29, 1.82) is 0 Å². The molecule has 5 rings (SSSR count). The van der Waals surface area contributed by atoms with Crippen molar-refractivity contribution < 1.29 is 24.2 Å². The minimum atomic E-state index is -0.688. The summed E-state index contributed by atoms with van der Waals surface area (Å²) in [5.41, 5.74) is 3.15. The number of carbonyl (C=O) groups is 2. The number of ether oxygens (including phenoxy) is 2. The van der Waals surface area contributed by atoms with Crippen LogP contribution in [-0.4, -0.2) is 71.0 Å². The van der Waals surface area contributed by atoms with Crippen molar-refractivity contribution in [2.45, 2.75) is 26.0 Å². The van der Waals surface area contributed by atoms with Crippen LogP contribution in [0.1, 0.15) is 34.7 Å². The van der Waals surface area contributed by atoms with Crippen molar-refractivity contribution in [1.82, 2.24) is 14.8 Å². The lowest BCUT2D eigenvalue weighted by Gasteiger charge is -2.29. The number of likely N-dealkylation sites (tertiary alicyclic amines) is 1. The summed E-state index contributed by atoms with van der Waals surface area (Å²) in [7, 11) is 0. The molecule has 1 N–H and O–H groups in total. The molecule has 2 aliphatic heterocycles. The van der Waals surface area contributed by atoms with Gasteiger partial charge in [0.2, 0.25) is 0 Å². The van der Waals surface area contributed by atoms with Crippen LogP contribution in [0.25, 0.3) is 5.76 Å². The molecule has 0 radical (unpaired) electrons. The Morgan fingerprint density at radius 1 is 1.03 bits per heavy atom. The molecule has 39 heavy (non-hydrogen) atoms. The molecule has 2 aromatic carbocycles. The van der Waals surface area contributed by atoms with Crippen molar-refractivity contribution in [3.63, 3.8) is 0 Å². The molecule has 0 spiro atoms. The minimum absolute atomic E-state index is 0.0925. The van der Waals surface area contributed by atoms with E-state index in [1.54, 1.807) is 47.6 Å². The number of pyridine rings is 1. The van der Waals surface area contributed by atoms with Crippen LogP contribution >= 0.6 is 0 Å². The molecule has 2 saturated heterocycles. The quantitative estimate of drug-likeness (QED) is 0.254. The largest absolute Gasteiger partial charge is 0.507 e. The lowest BCUT2D eigenvalue weighted by Crippen LogP contribution is -2.38. The smallest absolute Gasteiger partial charge is 0.295 e. The molecule has 2 fully saturated rings. The van der Waals surface area contributed by atoms with Crippen molar-refractivity contribution in [2.75, 3.05) is 39.4 Å². The van der Waals surface area contributed by atoms with Crippen LogP contribution in [-0.2, 0) is 20.9 Å². The molecule has 3 aromatic rings. The Hall–Kier alpha value is -4.01. The topological polar surface area (TPSA) is 92.2 Å². The number of morpholine rings is 1. The molecule has 0 aliphatic carbocycles. The lowest BCUT2D eigenvalue weighted by atomic mass is 9.95. The van der Waals surface area contributed by atoms with E-state index in [1.165, 1.54) is 0 Å². The number of aliphatic hydroxyl groups excluding tert-OH is 1. The molecule has 8 nitrogen and oxygen atoms in total. The number of aromatic nitrogens is 1. The first-order valence-corrected chi connectivity index (χ1v) is 13.3. The van der Waals surface area contributed by atoms with E-state index in [-0.39, 0.29) is 11.3 Å². The van der Waals surface area contributed by atoms with Gasteiger partial charge >= 0.3 is 0 Å². The number of nitrogens with zero attached hydrogens (tertiary/aromatic N) is 3. The fourth-order valence-corrected chi connectivity index (χ4v) is 5.14. The number of aliphatic hydroxyl groups is 1. The standard InChI is InChI=1S/C31H33N3O5/c1-22-20-25(8-9-26(22)39-21-23-6-3-2-4-7-23)29(35)27-28(24-10-12-32-13-11-24)34(31(37)30(27)36)15-5-14-33-16-18-38-19-17-33/h2-4,6-13,20,28,35H,5,14-19,21H2,1H3/b29-27+/t28-/m1/s1. The van der Waals surface area contributed by atoms with Crippen LogP contribution in [0.4, 0.5) is 0 Å². The van der Waals surface area contributed by atoms with E-state index < -0.39 is 17.7 Å². The van der Waals surface area contributed by atoms with Gasteiger partial charge in [-0.15, -0.1) is 0 Å². The number of amides is 1. The highest BCUT2D eigenvalue weighted by Crippen LogP contribution is 2.39. The Bertz CT molecular complexity index is 1340. The Labute approximate surface area is 228 Å². The van der Waals surface area contributed by atoms with Crippen LogP contribution in [0.2, 0.25) is 0 Å². The van der Waals surface area contributed by atoms with Crippen molar-refractivity contribution >= 4 is 17.4 Å². The number of hydrogen-bond donors (Lipinski definition) is 1. The summed E-state index contributed by atoms with van der Waals surface area (Å²) in [6.45, 7) is 6.64. The van der Waals surface area contributed by atoms with Gasteiger partial charge in [0.25, 0.3) is 11.7 Å². The first-order valence-electron chi connectivity index (χ1n) is 13.3. The third-order valence-electron chi connectivity index (χ3n) is 7.22. The second-order valence-corrected chi connectivity index (χ2v) is 9.84. The fraction of sp³-hybridized carbons (Fsp3) is 0.323. The molecule has 8 heteroatoms. The highest BCUT2D eigenvalue weighted by Gasteiger charge is 2.45. The zero-order chi connectivity index (χ0) is 27.2. The SMILES string of the molecule is Cc1cc(/C(O)=C2\C(=O)C(=O)N(CCCN3CCOCC3)[C@@H]2c2ccncc2)ccc1OCc1ccccc1. The number of carbonyl (C=O) groups excluding carboxylic acids is 2. The fourth-order valence-electron chi connectivity index (χ4n) is 5.14. The van der Waals surface area contributed by atoms with Gasteiger partial charge in [-0.25, -0.2) is 0 Å². The first-order chi connectivity index (χ1) is 19.0. The number of Topliss-reactive ketones (excluding diaryl/α,β-unsaturated/α-hetero) is 1. The molecule has 2 aliphatic rings. The van der Waals surface area contributed by atoms with Crippen LogP contribution in [0, 0.1) is 6.92 Å². The summed E-state index contributed by atoms with van der Waals surface area (Å²) in [5.74, 6) is -0.782. The second-order valence-electron chi connectivity index (χ2n) is 9.84. The highest BCUT2D eigenvalue weighted by molar-refractivity contribution is 6.46. The van der Waals surface area contributed by atoms with E-state index in [9.17, 15) is 14.7 Å². The lowest BCUT2D eigenvalue weighted by molar-refractivity contribution is -0.140. The van der Waals surface area contributed by atoms with Gasteiger partial charge in [0.1, 0.15) is 18.1 Å². The molecule has 0 bridgehead atoms. The summed E-state index contributed by atoms with van der Waals surface area (Å²) < 4.78 is 11.4. The zero-order valence-electron chi connectivity index (χ0n) is 22.1. The number of hydrogen-bond acceptors (Lipinski definition) is 7. The molecule has 1 amide bonds. The molecular formula is C31H33N3O5. The molecule has 1 atom stereocenters. The maximum absolute atomic E-state index is 13.3. The van der Waals surface area contributed by atoms with E-state index in [4.69, 9.17) is 9.47 Å². The molecule has 0 saturated carbocycles. The Morgan fingerprint density at radius 3 is 2.49 bits per heavy atom. The van der Waals surface area contributed by atoms with E-state index in [0.29, 0.717) is 44.1 Å². The van der Waals surface area contributed by atoms with Crippen molar-refractivity contribution in [2.24, 2.45) is 0 Å². The monoisotopic (exact) mass is 527 g/mol. The summed E-state index contributed by atoms with van der Waals surface area (Å²) in [6, 6.07) is 18.0. The van der Waals surface area contributed by atoms with Crippen LogP contribution in [0.3, 0.4) is 0 Å². The van der Waals surface area contributed by atoms with Crippen LogP contribution in [0.5, 0.6) is 5.75 Å². The molecule has 0 unspecified atom stereocenters. The molecule has 3 heterocycles. The zero-order valence-corrected chi connectivity index (χ0v) is 22.1. The van der Waals surface area contributed by atoms with Crippen molar-refractivity contribution in [3.8, 4) is 5.75 Å². The van der Waals surface area contributed by atoms with Gasteiger partial charge in [0, 0.05) is 44.1 Å². The number of ketones is 1. The minimum Gasteiger partial charge on any atom is -0.507 e. The van der Waals surface area contributed by atoms with E-state index in [1.807, 2.05) is 37.3 Å². The maximum Gasteiger partial charge on any atom is 0.295 e. The van der Waals surface area contributed by atoms with Gasteiger partial charge < -0.3 is 19.5 Å². The van der Waals surface area contributed by atoms with Crippen LogP contribution in [0.15, 0.2) is 78.6 Å². The molecule has 1 aromatic heterocycles. The van der Waals surface area contributed by atoms with E-state index in [2.05, 4.69) is 9.88 Å². The Kier molecular flexibility index (Phi) is 8.34. The van der Waals surface area contributed by atoms with Gasteiger partial charge in [-0.1, -0.05) is 30.3 Å². The van der Waals surface area contributed by atoms with E-state index in [0.717, 1.165) is 36.3 Å². The number of aryl methyl sites for hydroxylation is 1. The third kappa shape index (κ3) is 6.02. The summed E-state index contributed by atoms with van der Waals surface area (Å²) in [6.07, 6.45) is 3.97. The Morgan fingerprint density at radius 2 is 1.77 bits per heavy atom. The predicted molar refractivity (Wildman–Crippen MR) is 147 cm³/mol. The number of benzene rings is 2. The summed E-state index contributed by atoms with van der Waals surface area (Å²) in [5, 5.41) is 11.4. The van der Waals surface area contributed by atoms with Gasteiger partial charge in [-0.05, 0) is 60.4 Å². The van der Waals surface area contributed by atoms with Gasteiger partial charge in [0.05, 0.1) is 24.8 Å². The maximum atomic E-state index is 13.3. The first kappa shape index (κ1) is 26.6. The number of rotatable bonds is 9. The second kappa shape index (κ2) is 12.2. The van der Waals surface area contributed by atoms with Crippen LogP contribution < -0.4 is 4.74 Å². The highest BCUT2D eigenvalue weighted by atomic mass is 16.5. The van der Waals surface area contributed by atoms with Gasteiger partial charge in [0.15, 0.2) is 0 Å². The summed E-state index contributed by atoms with van der Waals surface area (Å²) in [4.78, 5) is 34.5. The van der Waals surface area contributed by atoms with Crippen molar-refractivity contribution in [3.05, 3.63) is 101 Å². The predicted octanol–water partition coefficient (Wildman–Crippen LogP) is 4.11.